The molecule has 140 valence electrons. The minimum absolute atomic E-state index is 0.389. The minimum atomic E-state index is 0.389. The Morgan fingerprint density at radius 3 is 2.38 bits per heavy atom. The van der Waals surface area contributed by atoms with Gasteiger partial charge in [0.15, 0.2) is 0 Å². The molecular formula is C24H34N2. The summed E-state index contributed by atoms with van der Waals surface area (Å²) in [5.74, 6) is 0. The highest BCUT2D eigenvalue weighted by atomic mass is 15.1. The van der Waals surface area contributed by atoms with E-state index >= 15 is 0 Å². The number of aryl methyl sites for hydroxylation is 2. The highest BCUT2D eigenvalue weighted by molar-refractivity contribution is 5.36. The van der Waals surface area contributed by atoms with Gasteiger partial charge in [0.1, 0.15) is 0 Å². The number of likely N-dealkylation sites (N-methyl/N-ethyl adjacent to an activating group) is 1. The fraction of sp³-hybridized carbons (Fsp3) is 0.500. The Labute approximate surface area is 159 Å². The van der Waals surface area contributed by atoms with E-state index in [0.29, 0.717) is 6.04 Å². The van der Waals surface area contributed by atoms with E-state index in [0.717, 1.165) is 32.6 Å². The summed E-state index contributed by atoms with van der Waals surface area (Å²) in [5.41, 5.74) is 6.01. The van der Waals surface area contributed by atoms with Crippen LogP contribution in [0, 0.1) is 0 Å². The SMILES string of the molecule is CCN(CC)CCNC(Cc1ccccc1)c1ccc2c(c1)CCCC2. The zero-order valence-corrected chi connectivity index (χ0v) is 16.5. The first-order valence-corrected chi connectivity index (χ1v) is 10.4. The molecular weight excluding hydrogens is 316 g/mol. The summed E-state index contributed by atoms with van der Waals surface area (Å²) < 4.78 is 0. The van der Waals surface area contributed by atoms with Crippen LogP contribution in [0.1, 0.15) is 55.0 Å². The number of hydrogen-bond acceptors (Lipinski definition) is 2. The van der Waals surface area contributed by atoms with E-state index in [9.17, 15) is 0 Å². The van der Waals surface area contributed by atoms with Crippen molar-refractivity contribution in [3.8, 4) is 0 Å². The maximum atomic E-state index is 3.85. The maximum Gasteiger partial charge on any atom is 0.0361 e. The third-order valence-electron chi connectivity index (χ3n) is 5.77. The van der Waals surface area contributed by atoms with Crippen molar-refractivity contribution in [1.82, 2.24) is 10.2 Å². The summed E-state index contributed by atoms with van der Waals surface area (Å²) in [5, 5.41) is 3.85. The van der Waals surface area contributed by atoms with E-state index in [1.165, 1.54) is 36.8 Å². The van der Waals surface area contributed by atoms with E-state index in [1.54, 1.807) is 11.1 Å². The van der Waals surface area contributed by atoms with Crippen LogP contribution in [0.2, 0.25) is 0 Å². The van der Waals surface area contributed by atoms with Gasteiger partial charge in [0.25, 0.3) is 0 Å². The molecule has 2 heteroatoms. The molecule has 26 heavy (non-hydrogen) atoms. The van der Waals surface area contributed by atoms with Gasteiger partial charge in [0.05, 0.1) is 0 Å². The van der Waals surface area contributed by atoms with Crippen LogP contribution in [0.4, 0.5) is 0 Å². The van der Waals surface area contributed by atoms with Crippen LogP contribution < -0.4 is 5.32 Å². The molecule has 2 aromatic rings. The molecule has 0 spiro atoms. The second-order valence-electron chi connectivity index (χ2n) is 7.46. The molecule has 2 nitrogen and oxygen atoms in total. The molecule has 1 aliphatic carbocycles. The van der Waals surface area contributed by atoms with Crippen molar-refractivity contribution < 1.29 is 0 Å². The normalized spacial score (nSPS) is 15.0. The van der Waals surface area contributed by atoms with Crippen LogP contribution in [0.15, 0.2) is 48.5 Å². The van der Waals surface area contributed by atoms with Gasteiger partial charge in [-0.15, -0.1) is 0 Å². The predicted octanol–water partition coefficient (Wildman–Crippen LogP) is 4.78. The van der Waals surface area contributed by atoms with Crippen molar-refractivity contribution in [3.63, 3.8) is 0 Å². The Kier molecular flexibility index (Phi) is 7.28. The maximum absolute atomic E-state index is 3.85. The monoisotopic (exact) mass is 350 g/mol. The van der Waals surface area contributed by atoms with Crippen molar-refractivity contribution in [3.05, 3.63) is 70.8 Å². The molecule has 1 atom stereocenters. The number of benzene rings is 2. The molecule has 1 aliphatic rings. The number of nitrogens with zero attached hydrogens (tertiary/aromatic N) is 1. The largest absolute Gasteiger partial charge is 0.308 e. The van der Waals surface area contributed by atoms with Crippen molar-refractivity contribution in [2.24, 2.45) is 0 Å². The average Bonchev–Trinajstić information content (AvgIpc) is 2.71. The summed E-state index contributed by atoms with van der Waals surface area (Å²) in [7, 11) is 0. The summed E-state index contributed by atoms with van der Waals surface area (Å²) in [4.78, 5) is 2.49. The Balaban J connectivity index is 1.73. The van der Waals surface area contributed by atoms with Crippen LogP contribution >= 0.6 is 0 Å². The topological polar surface area (TPSA) is 15.3 Å². The summed E-state index contributed by atoms with van der Waals surface area (Å²) >= 11 is 0. The van der Waals surface area contributed by atoms with Crippen LogP contribution in [0.5, 0.6) is 0 Å². The van der Waals surface area contributed by atoms with Gasteiger partial charge >= 0.3 is 0 Å². The first-order chi connectivity index (χ1) is 12.8. The Morgan fingerprint density at radius 1 is 0.923 bits per heavy atom. The Hall–Kier alpha value is -1.64. The van der Waals surface area contributed by atoms with Gasteiger partial charge in [-0.25, -0.2) is 0 Å². The van der Waals surface area contributed by atoms with E-state index in [2.05, 4.69) is 72.6 Å². The summed E-state index contributed by atoms with van der Waals surface area (Å²) in [6.07, 6.45) is 6.25. The smallest absolute Gasteiger partial charge is 0.0361 e. The van der Waals surface area contributed by atoms with E-state index in [-0.39, 0.29) is 0 Å². The molecule has 0 heterocycles. The molecule has 0 saturated carbocycles. The van der Waals surface area contributed by atoms with Gasteiger partial charge < -0.3 is 10.2 Å². The predicted molar refractivity (Wildman–Crippen MR) is 112 cm³/mol. The lowest BCUT2D eigenvalue weighted by Gasteiger charge is -2.25. The Morgan fingerprint density at radius 2 is 1.65 bits per heavy atom. The summed E-state index contributed by atoms with van der Waals surface area (Å²) in [6.45, 7) is 8.89. The average molecular weight is 351 g/mol. The van der Waals surface area contributed by atoms with Crippen molar-refractivity contribution in [1.29, 1.82) is 0 Å². The summed E-state index contributed by atoms with van der Waals surface area (Å²) in [6, 6.07) is 18.5. The van der Waals surface area contributed by atoms with Crippen LogP contribution in [0.3, 0.4) is 0 Å². The lowest BCUT2D eigenvalue weighted by molar-refractivity contribution is 0.296. The lowest BCUT2D eigenvalue weighted by Crippen LogP contribution is -2.34. The molecule has 0 bridgehead atoms. The Bertz CT molecular complexity index is 661. The molecule has 0 amide bonds. The molecule has 0 saturated heterocycles. The van der Waals surface area contributed by atoms with Crippen LogP contribution in [-0.2, 0) is 19.3 Å². The minimum Gasteiger partial charge on any atom is -0.308 e. The first-order valence-electron chi connectivity index (χ1n) is 10.4. The molecule has 1 unspecified atom stereocenters. The molecule has 0 aromatic heterocycles. The van der Waals surface area contributed by atoms with Gasteiger partial charge in [-0.2, -0.15) is 0 Å². The molecule has 1 N–H and O–H groups in total. The highest BCUT2D eigenvalue weighted by Gasteiger charge is 2.16. The molecule has 0 fully saturated rings. The second kappa shape index (κ2) is 9.89. The zero-order chi connectivity index (χ0) is 18.2. The first kappa shape index (κ1) is 19.1. The standard InChI is InChI=1S/C24H34N2/c1-3-26(4-2)17-16-25-24(18-20-10-6-5-7-11-20)23-15-14-21-12-8-9-13-22(21)19-23/h5-7,10-11,14-15,19,24-25H,3-4,8-9,12-13,16-18H2,1-2H3. The molecule has 3 rings (SSSR count). The van der Waals surface area contributed by atoms with Crippen molar-refractivity contribution in [2.75, 3.05) is 26.2 Å². The fourth-order valence-corrected chi connectivity index (χ4v) is 4.06. The zero-order valence-electron chi connectivity index (χ0n) is 16.5. The highest BCUT2D eigenvalue weighted by Crippen LogP contribution is 2.26. The van der Waals surface area contributed by atoms with Crippen molar-refractivity contribution in [2.45, 2.75) is 52.0 Å². The number of hydrogen-bond donors (Lipinski definition) is 1. The molecule has 2 aromatic carbocycles. The fourth-order valence-electron chi connectivity index (χ4n) is 4.06. The van der Waals surface area contributed by atoms with Crippen LogP contribution in [0.25, 0.3) is 0 Å². The van der Waals surface area contributed by atoms with Gasteiger partial charge in [0, 0.05) is 19.1 Å². The molecule has 0 radical (unpaired) electrons. The number of nitrogens with one attached hydrogen (secondary N) is 1. The van der Waals surface area contributed by atoms with Crippen LogP contribution in [-0.4, -0.2) is 31.1 Å². The van der Waals surface area contributed by atoms with E-state index in [1.807, 2.05) is 0 Å². The van der Waals surface area contributed by atoms with Gasteiger partial charge in [-0.3, -0.25) is 0 Å². The third-order valence-corrected chi connectivity index (χ3v) is 5.77. The quantitative estimate of drug-likeness (QED) is 0.700. The number of fused-ring (bicyclic) bond motifs is 1. The van der Waals surface area contributed by atoms with Crippen molar-refractivity contribution >= 4 is 0 Å². The van der Waals surface area contributed by atoms with Gasteiger partial charge in [-0.1, -0.05) is 62.4 Å². The number of rotatable bonds is 9. The van der Waals surface area contributed by atoms with E-state index < -0.39 is 0 Å². The lowest BCUT2D eigenvalue weighted by atomic mass is 9.88. The van der Waals surface area contributed by atoms with E-state index in [4.69, 9.17) is 0 Å². The van der Waals surface area contributed by atoms with Gasteiger partial charge in [0.2, 0.25) is 0 Å². The molecule has 0 aliphatic heterocycles. The third kappa shape index (κ3) is 5.18. The van der Waals surface area contributed by atoms with Gasteiger partial charge in [-0.05, 0) is 67.4 Å². The second-order valence-corrected chi connectivity index (χ2v) is 7.46.